The molecule has 0 amide bonds. The summed E-state index contributed by atoms with van der Waals surface area (Å²) in [5, 5.41) is 5.37. The minimum Gasteiger partial charge on any atom is -0.380 e. The van der Waals surface area contributed by atoms with Crippen molar-refractivity contribution < 1.29 is 4.52 Å². The summed E-state index contributed by atoms with van der Waals surface area (Å²) >= 11 is 18.4. The third kappa shape index (κ3) is 2.60. The topological polar surface area (TPSA) is 52.0 Å². The van der Waals surface area contributed by atoms with Crippen molar-refractivity contribution in [3.63, 3.8) is 0 Å². The molecule has 3 aromatic rings. The molecular formula is C15H9Cl3N2O. The molecule has 0 spiro atoms. The zero-order valence-corrected chi connectivity index (χ0v) is 12.9. The number of halogens is 3. The molecule has 106 valence electrons. The van der Waals surface area contributed by atoms with E-state index < -0.39 is 0 Å². The van der Waals surface area contributed by atoms with Crippen LogP contribution in [0.5, 0.6) is 0 Å². The van der Waals surface area contributed by atoms with Gasteiger partial charge in [-0.05, 0) is 24.3 Å². The Bertz CT molecular complexity index is 814. The zero-order chi connectivity index (χ0) is 15.0. The Hall–Kier alpha value is -1.68. The van der Waals surface area contributed by atoms with Crippen molar-refractivity contribution in [2.75, 3.05) is 5.73 Å². The SMILES string of the molecule is Nc1noc(-c2ccccc2Cl)c1-c1ccc(Cl)cc1Cl. The van der Waals surface area contributed by atoms with Crippen molar-refractivity contribution in [2.45, 2.75) is 0 Å². The highest BCUT2D eigenvalue weighted by Gasteiger charge is 2.21. The Kier molecular flexibility index (Phi) is 3.81. The van der Waals surface area contributed by atoms with Gasteiger partial charge in [-0.25, -0.2) is 0 Å². The lowest BCUT2D eigenvalue weighted by Crippen LogP contribution is -1.90. The van der Waals surface area contributed by atoms with Crippen LogP contribution in [0.1, 0.15) is 0 Å². The molecule has 6 heteroatoms. The van der Waals surface area contributed by atoms with E-state index in [9.17, 15) is 0 Å². The van der Waals surface area contributed by atoms with Gasteiger partial charge in [0.15, 0.2) is 11.6 Å². The smallest absolute Gasteiger partial charge is 0.178 e. The number of anilines is 1. The van der Waals surface area contributed by atoms with Crippen molar-refractivity contribution in [1.82, 2.24) is 5.16 Å². The molecule has 3 rings (SSSR count). The van der Waals surface area contributed by atoms with E-state index in [4.69, 9.17) is 45.1 Å². The molecule has 0 saturated carbocycles. The van der Waals surface area contributed by atoms with Gasteiger partial charge < -0.3 is 10.3 Å². The average Bonchev–Trinajstić information content (AvgIpc) is 2.81. The molecule has 0 saturated heterocycles. The molecule has 2 N–H and O–H groups in total. The van der Waals surface area contributed by atoms with Gasteiger partial charge in [-0.3, -0.25) is 0 Å². The van der Waals surface area contributed by atoms with Crippen molar-refractivity contribution in [3.05, 3.63) is 57.5 Å². The first-order valence-electron chi connectivity index (χ1n) is 6.03. The molecule has 0 unspecified atom stereocenters. The molecule has 0 radical (unpaired) electrons. The van der Waals surface area contributed by atoms with Crippen LogP contribution < -0.4 is 5.73 Å². The van der Waals surface area contributed by atoms with Gasteiger partial charge in [-0.2, -0.15) is 0 Å². The van der Waals surface area contributed by atoms with E-state index in [0.717, 1.165) is 0 Å². The lowest BCUT2D eigenvalue weighted by Gasteiger charge is -2.06. The molecule has 3 nitrogen and oxygen atoms in total. The normalized spacial score (nSPS) is 10.8. The first kappa shape index (κ1) is 14.3. The molecule has 0 bridgehead atoms. The Morgan fingerprint density at radius 3 is 2.38 bits per heavy atom. The largest absolute Gasteiger partial charge is 0.380 e. The fraction of sp³-hybridized carbons (Fsp3) is 0. The molecule has 1 heterocycles. The monoisotopic (exact) mass is 338 g/mol. The van der Waals surface area contributed by atoms with Gasteiger partial charge in [0.05, 0.1) is 15.6 Å². The third-order valence-corrected chi connectivity index (χ3v) is 3.91. The summed E-state index contributed by atoms with van der Waals surface area (Å²) < 4.78 is 5.35. The first-order chi connectivity index (χ1) is 10.1. The van der Waals surface area contributed by atoms with Crippen LogP contribution in [0.3, 0.4) is 0 Å². The van der Waals surface area contributed by atoms with Gasteiger partial charge in [0.2, 0.25) is 0 Å². The van der Waals surface area contributed by atoms with Crippen molar-refractivity contribution in [2.24, 2.45) is 0 Å². The summed E-state index contributed by atoms with van der Waals surface area (Å²) in [5.74, 6) is 0.719. The van der Waals surface area contributed by atoms with Crippen molar-refractivity contribution in [3.8, 4) is 22.5 Å². The van der Waals surface area contributed by atoms with Crippen molar-refractivity contribution >= 4 is 40.6 Å². The van der Waals surface area contributed by atoms with E-state index in [1.165, 1.54) is 0 Å². The average molecular weight is 340 g/mol. The lowest BCUT2D eigenvalue weighted by atomic mass is 10.0. The van der Waals surface area contributed by atoms with Crippen LogP contribution >= 0.6 is 34.8 Å². The predicted molar refractivity (Wildman–Crippen MR) is 86.8 cm³/mol. The minimum atomic E-state index is 0.245. The zero-order valence-electron chi connectivity index (χ0n) is 10.6. The van der Waals surface area contributed by atoms with Gasteiger partial charge in [0, 0.05) is 16.1 Å². The minimum absolute atomic E-state index is 0.245. The molecule has 1 aromatic heterocycles. The summed E-state index contributed by atoms with van der Waals surface area (Å²) in [7, 11) is 0. The summed E-state index contributed by atoms with van der Waals surface area (Å²) in [4.78, 5) is 0. The van der Waals surface area contributed by atoms with Crippen LogP contribution in [0.25, 0.3) is 22.5 Å². The van der Waals surface area contributed by atoms with Crippen LogP contribution in [0.2, 0.25) is 15.1 Å². The van der Waals surface area contributed by atoms with Crippen LogP contribution in [-0.2, 0) is 0 Å². The van der Waals surface area contributed by atoms with E-state index in [0.29, 0.717) is 37.5 Å². The van der Waals surface area contributed by atoms with Gasteiger partial charge in [0.25, 0.3) is 0 Å². The molecule has 0 atom stereocenters. The second-order valence-corrected chi connectivity index (χ2v) is 5.63. The molecule has 0 fully saturated rings. The highest BCUT2D eigenvalue weighted by Crippen LogP contribution is 2.42. The summed E-state index contributed by atoms with van der Waals surface area (Å²) in [5.41, 5.74) is 7.92. The van der Waals surface area contributed by atoms with E-state index in [1.54, 1.807) is 24.3 Å². The second kappa shape index (κ2) is 5.60. The second-order valence-electron chi connectivity index (χ2n) is 4.38. The Morgan fingerprint density at radius 2 is 1.67 bits per heavy atom. The maximum absolute atomic E-state index is 6.25. The molecular weight excluding hydrogens is 331 g/mol. The van der Waals surface area contributed by atoms with E-state index in [1.807, 2.05) is 18.2 Å². The van der Waals surface area contributed by atoms with Crippen LogP contribution in [0, 0.1) is 0 Å². The fourth-order valence-electron chi connectivity index (χ4n) is 2.08. The lowest BCUT2D eigenvalue weighted by molar-refractivity contribution is 0.436. The number of aromatic nitrogens is 1. The molecule has 0 aliphatic carbocycles. The molecule has 0 aliphatic rings. The number of benzene rings is 2. The van der Waals surface area contributed by atoms with Crippen LogP contribution in [0.4, 0.5) is 5.82 Å². The maximum Gasteiger partial charge on any atom is 0.178 e. The highest BCUT2D eigenvalue weighted by atomic mass is 35.5. The van der Waals surface area contributed by atoms with Gasteiger partial charge in [-0.15, -0.1) is 0 Å². The predicted octanol–water partition coefficient (Wildman–Crippen LogP) is 5.55. The summed E-state index contributed by atoms with van der Waals surface area (Å²) in [6, 6.07) is 12.4. The Balaban J connectivity index is 2.25. The highest BCUT2D eigenvalue weighted by molar-refractivity contribution is 6.37. The fourth-order valence-corrected chi connectivity index (χ4v) is 2.81. The first-order valence-corrected chi connectivity index (χ1v) is 7.17. The number of nitrogen functional groups attached to an aromatic ring is 1. The molecule has 21 heavy (non-hydrogen) atoms. The standard InChI is InChI=1S/C15H9Cl3N2O/c16-8-5-6-9(12(18)7-8)13-14(21-20-15(13)19)10-3-1-2-4-11(10)17/h1-7H,(H2,19,20). The summed E-state index contributed by atoms with van der Waals surface area (Å²) in [6.45, 7) is 0. The number of hydrogen-bond donors (Lipinski definition) is 1. The number of rotatable bonds is 2. The molecule has 0 aliphatic heterocycles. The number of nitrogens with zero attached hydrogens (tertiary/aromatic N) is 1. The van der Waals surface area contributed by atoms with Crippen molar-refractivity contribution in [1.29, 1.82) is 0 Å². The van der Waals surface area contributed by atoms with Gasteiger partial charge in [-0.1, -0.05) is 58.2 Å². The number of hydrogen-bond acceptors (Lipinski definition) is 3. The van der Waals surface area contributed by atoms with E-state index >= 15 is 0 Å². The van der Waals surface area contributed by atoms with Crippen LogP contribution in [0.15, 0.2) is 47.0 Å². The van der Waals surface area contributed by atoms with E-state index in [2.05, 4.69) is 5.16 Å². The van der Waals surface area contributed by atoms with Gasteiger partial charge in [0.1, 0.15) is 0 Å². The maximum atomic E-state index is 6.25. The molecule has 2 aromatic carbocycles. The third-order valence-electron chi connectivity index (χ3n) is 3.04. The van der Waals surface area contributed by atoms with Gasteiger partial charge >= 0.3 is 0 Å². The quantitative estimate of drug-likeness (QED) is 0.666. The van der Waals surface area contributed by atoms with Crippen LogP contribution in [-0.4, -0.2) is 5.16 Å². The Labute approximate surface area is 136 Å². The summed E-state index contributed by atoms with van der Waals surface area (Å²) in [6.07, 6.45) is 0. The van der Waals surface area contributed by atoms with E-state index in [-0.39, 0.29) is 5.82 Å². The Morgan fingerprint density at radius 1 is 0.905 bits per heavy atom. The number of nitrogens with two attached hydrogens (primary N) is 1.